The molecule has 0 saturated carbocycles. The van der Waals surface area contributed by atoms with Gasteiger partial charge in [0.1, 0.15) is 16.3 Å². The van der Waals surface area contributed by atoms with Gasteiger partial charge in [-0.2, -0.15) is 14.3 Å². The second kappa shape index (κ2) is 9.68. The molecule has 1 saturated heterocycles. The summed E-state index contributed by atoms with van der Waals surface area (Å²) in [4.78, 5) is 14.5. The SMILES string of the molecule is CC(C)C(NS(=O)(=O)c1cccs1)C(=O)N1CCN(S(=O)(=O)c2ccccc2C#N)CC1. The summed E-state index contributed by atoms with van der Waals surface area (Å²) < 4.78 is 55.1. The fourth-order valence-electron chi connectivity index (χ4n) is 3.38. The first kappa shape index (κ1) is 24.3. The minimum atomic E-state index is -3.89. The molecule has 172 valence electrons. The first-order valence-electron chi connectivity index (χ1n) is 9.92. The van der Waals surface area contributed by atoms with Crippen molar-refractivity contribution in [3.05, 3.63) is 47.3 Å². The predicted octanol–water partition coefficient (Wildman–Crippen LogP) is 1.46. The van der Waals surface area contributed by atoms with E-state index in [4.69, 9.17) is 0 Å². The van der Waals surface area contributed by atoms with Gasteiger partial charge in [-0.25, -0.2) is 16.8 Å². The van der Waals surface area contributed by atoms with E-state index in [0.29, 0.717) is 0 Å². The van der Waals surface area contributed by atoms with Crippen molar-refractivity contribution in [1.82, 2.24) is 13.9 Å². The molecule has 0 aliphatic carbocycles. The van der Waals surface area contributed by atoms with Gasteiger partial charge in [-0.05, 0) is 29.5 Å². The largest absolute Gasteiger partial charge is 0.339 e. The fraction of sp³-hybridized carbons (Fsp3) is 0.400. The Morgan fingerprint density at radius 2 is 1.72 bits per heavy atom. The number of nitriles is 1. The van der Waals surface area contributed by atoms with E-state index in [9.17, 15) is 26.9 Å². The van der Waals surface area contributed by atoms with Crippen molar-refractivity contribution in [1.29, 1.82) is 5.26 Å². The second-order valence-electron chi connectivity index (χ2n) is 7.61. The zero-order valence-electron chi connectivity index (χ0n) is 17.6. The first-order valence-corrected chi connectivity index (χ1v) is 13.7. The number of piperazine rings is 1. The van der Waals surface area contributed by atoms with Gasteiger partial charge < -0.3 is 4.90 Å². The standard InChI is InChI=1S/C20H24N4O5S3/c1-15(2)19(22-31(26,27)18-8-5-13-30-18)20(25)23-9-11-24(12-10-23)32(28,29)17-7-4-3-6-16(17)14-21/h3-8,13,15,19,22H,9-12H2,1-2H3. The quantitative estimate of drug-likeness (QED) is 0.618. The molecule has 1 unspecified atom stereocenters. The Labute approximate surface area is 192 Å². The molecule has 0 spiro atoms. The summed E-state index contributed by atoms with van der Waals surface area (Å²) in [5.41, 5.74) is 0.0638. The van der Waals surface area contributed by atoms with E-state index in [1.54, 1.807) is 37.4 Å². The van der Waals surface area contributed by atoms with Gasteiger partial charge in [0.2, 0.25) is 15.9 Å². The van der Waals surface area contributed by atoms with Gasteiger partial charge in [-0.3, -0.25) is 4.79 Å². The third-order valence-electron chi connectivity index (χ3n) is 5.15. The summed E-state index contributed by atoms with van der Waals surface area (Å²) in [6, 6.07) is 10.00. The number of sulfonamides is 2. The van der Waals surface area contributed by atoms with E-state index in [2.05, 4.69) is 4.72 Å². The predicted molar refractivity (Wildman–Crippen MR) is 120 cm³/mol. The van der Waals surface area contributed by atoms with Gasteiger partial charge in [-0.1, -0.05) is 32.0 Å². The van der Waals surface area contributed by atoms with Crippen molar-refractivity contribution in [3.63, 3.8) is 0 Å². The number of amides is 1. The lowest BCUT2D eigenvalue weighted by atomic mass is 10.0. The summed E-state index contributed by atoms with van der Waals surface area (Å²) in [5.74, 6) is -0.698. The molecule has 2 aromatic rings. The van der Waals surface area contributed by atoms with Crippen LogP contribution in [0.1, 0.15) is 19.4 Å². The monoisotopic (exact) mass is 496 g/mol. The van der Waals surface area contributed by atoms with E-state index in [1.165, 1.54) is 27.4 Å². The van der Waals surface area contributed by atoms with Gasteiger partial charge >= 0.3 is 0 Å². The average Bonchev–Trinajstić information content (AvgIpc) is 3.33. The minimum Gasteiger partial charge on any atom is -0.339 e. The molecule has 1 aromatic carbocycles. The highest BCUT2D eigenvalue weighted by atomic mass is 32.2. The highest BCUT2D eigenvalue weighted by molar-refractivity contribution is 7.91. The molecule has 0 bridgehead atoms. The zero-order chi connectivity index (χ0) is 23.5. The minimum absolute atomic E-state index is 0.0519. The van der Waals surface area contributed by atoms with Crippen LogP contribution in [-0.4, -0.2) is 64.2 Å². The number of benzene rings is 1. The topological polar surface area (TPSA) is 128 Å². The summed E-state index contributed by atoms with van der Waals surface area (Å²) in [6.07, 6.45) is 0. The number of carbonyl (C=O) groups is 1. The van der Waals surface area contributed by atoms with Gasteiger partial charge in [0.25, 0.3) is 10.0 Å². The Bertz CT molecular complexity index is 1210. The van der Waals surface area contributed by atoms with E-state index in [1.807, 2.05) is 6.07 Å². The zero-order valence-corrected chi connectivity index (χ0v) is 20.1. The van der Waals surface area contributed by atoms with E-state index in [-0.39, 0.29) is 46.8 Å². The molecule has 1 aromatic heterocycles. The molecule has 1 aliphatic heterocycles. The van der Waals surface area contributed by atoms with Crippen molar-refractivity contribution in [2.75, 3.05) is 26.2 Å². The summed E-state index contributed by atoms with van der Waals surface area (Å²) >= 11 is 1.06. The molecule has 1 aliphatic rings. The lowest BCUT2D eigenvalue weighted by molar-refractivity contribution is -0.135. The average molecular weight is 497 g/mol. The maximum Gasteiger partial charge on any atom is 0.250 e. The van der Waals surface area contributed by atoms with Crippen molar-refractivity contribution in [2.24, 2.45) is 5.92 Å². The Hall–Kier alpha value is -2.30. The maximum atomic E-state index is 13.1. The number of hydrogen-bond acceptors (Lipinski definition) is 7. The second-order valence-corrected chi connectivity index (χ2v) is 12.4. The summed E-state index contributed by atoms with van der Waals surface area (Å²) in [6.45, 7) is 3.85. The lowest BCUT2D eigenvalue weighted by Crippen LogP contribution is -2.57. The molecule has 32 heavy (non-hydrogen) atoms. The Balaban J connectivity index is 1.72. The van der Waals surface area contributed by atoms with Crippen LogP contribution in [0.3, 0.4) is 0 Å². The maximum absolute atomic E-state index is 13.1. The van der Waals surface area contributed by atoms with Crippen LogP contribution < -0.4 is 4.72 Å². The normalized spacial score (nSPS) is 16.6. The smallest absolute Gasteiger partial charge is 0.250 e. The van der Waals surface area contributed by atoms with Gasteiger partial charge in [0.15, 0.2) is 0 Å². The molecule has 2 heterocycles. The Kier molecular flexibility index (Phi) is 7.36. The van der Waals surface area contributed by atoms with Crippen LogP contribution >= 0.6 is 11.3 Å². The van der Waals surface area contributed by atoms with Crippen LogP contribution in [0.15, 0.2) is 50.9 Å². The third-order valence-corrected chi connectivity index (χ3v) is 9.95. The van der Waals surface area contributed by atoms with E-state index >= 15 is 0 Å². The van der Waals surface area contributed by atoms with Gasteiger partial charge in [0, 0.05) is 26.2 Å². The highest BCUT2D eigenvalue weighted by Gasteiger charge is 2.36. The fourth-order valence-corrected chi connectivity index (χ4v) is 7.29. The van der Waals surface area contributed by atoms with Crippen molar-refractivity contribution >= 4 is 37.3 Å². The molecule has 0 radical (unpaired) electrons. The molecule has 3 rings (SSSR count). The van der Waals surface area contributed by atoms with E-state index in [0.717, 1.165) is 11.3 Å². The van der Waals surface area contributed by atoms with Crippen LogP contribution in [0.5, 0.6) is 0 Å². The summed E-state index contributed by atoms with van der Waals surface area (Å²) in [7, 11) is -7.72. The number of hydrogen-bond donors (Lipinski definition) is 1. The van der Waals surface area contributed by atoms with Gasteiger partial charge in [0.05, 0.1) is 10.5 Å². The van der Waals surface area contributed by atoms with Crippen molar-refractivity contribution in [3.8, 4) is 6.07 Å². The number of carbonyl (C=O) groups excluding carboxylic acids is 1. The Morgan fingerprint density at radius 1 is 1.06 bits per heavy atom. The first-order chi connectivity index (χ1) is 15.1. The number of nitrogens with zero attached hydrogens (tertiary/aromatic N) is 3. The number of rotatable bonds is 7. The molecular formula is C20H24N4O5S3. The Morgan fingerprint density at radius 3 is 2.28 bits per heavy atom. The van der Waals surface area contributed by atoms with Crippen LogP contribution in [-0.2, 0) is 24.8 Å². The molecule has 9 nitrogen and oxygen atoms in total. The molecule has 1 N–H and O–H groups in total. The summed E-state index contributed by atoms with van der Waals surface area (Å²) in [5, 5.41) is 10.9. The molecule has 1 fully saturated rings. The number of thiophene rings is 1. The lowest BCUT2D eigenvalue weighted by Gasteiger charge is -2.36. The third kappa shape index (κ3) is 5.02. The van der Waals surface area contributed by atoms with Gasteiger partial charge in [-0.15, -0.1) is 11.3 Å². The molecule has 1 amide bonds. The van der Waals surface area contributed by atoms with Crippen LogP contribution in [0.2, 0.25) is 0 Å². The van der Waals surface area contributed by atoms with E-state index < -0.39 is 32.0 Å². The van der Waals surface area contributed by atoms with Crippen molar-refractivity contribution in [2.45, 2.75) is 29.0 Å². The molecular weight excluding hydrogens is 472 g/mol. The van der Waals surface area contributed by atoms with Crippen LogP contribution in [0.4, 0.5) is 0 Å². The van der Waals surface area contributed by atoms with Crippen LogP contribution in [0.25, 0.3) is 0 Å². The molecule has 12 heteroatoms. The highest BCUT2D eigenvalue weighted by Crippen LogP contribution is 2.22. The molecule has 1 atom stereocenters. The number of nitrogens with one attached hydrogen (secondary N) is 1. The van der Waals surface area contributed by atoms with Crippen LogP contribution in [0, 0.1) is 17.2 Å². The van der Waals surface area contributed by atoms with Crippen molar-refractivity contribution < 1.29 is 21.6 Å².